The van der Waals surface area contributed by atoms with Crippen LogP contribution in [-0.2, 0) is 6.42 Å². The van der Waals surface area contributed by atoms with E-state index in [0.717, 1.165) is 42.2 Å². The highest BCUT2D eigenvalue weighted by molar-refractivity contribution is 5.85. The number of halogens is 5. The molecule has 0 atom stereocenters. The Hall–Kier alpha value is -3.07. The molecule has 1 aliphatic rings. The van der Waals surface area contributed by atoms with Crippen LogP contribution in [0.4, 0.5) is 22.0 Å². The van der Waals surface area contributed by atoms with Crippen molar-refractivity contribution in [1.82, 2.24) is 0 Å². The second-order valence-electron chi connectivity index (χ2n) is 11.1. The first kappa shape index (κ1) is 29.9. The van der Waals surface area contributed by atoms with Crippen LogP contribution in [-0.4, -0.2) is 12.8 Å². The van der Waals surface area contributed by atoms with E-state index in [0.29, 0.717) is 5.39 Å². The standard InChI is InChI=1S/C34H37F5O/c1-2-3-4-5-6-24-7-9-25(10-8-24)11-12-26-14-19-30-29(21-26)18-17-28(33(30)36)16-13-27-15-20-32(31(35)22-27)40-23-34(37,38)39/h14-15,17-22,24-25H,2-12,23H2,1H3. The molecule has 0 heterocycles. The average Bonchev–Trinajstić information content (AvgIpc) is 2.93. The molecule has 1 aliphatic carbocycles. The van der Waals surface area contributed by atoms with E-state index in [9.17, 15) is 17.6 Å². The lowest BCUT2D eigenvalue weighted by molar-refractivity contribution is -0.153. The van der Waals surface area contributed by atoms with Crippen molar-refractivity contribution in [3.63, 3.8) is 0 Å². The third-order valence-corrected chi connectivity index (χ3v) is 7.96. The number of ether oxygens (including phenoxy) is 1. The van der Waals surface area contributed by atoms with E-state index in [1.165, 1.54) is 69.4 Å². The first-order chi connectivity index (χ1) is 19.2. The molecule has 1 fully saturated rings. The molecule has 0 amide bonds. The molecule has 0 radical (unpaired) electrons. The van der Waals surface area contributed by atoms with Crippen molar-refractivity contribution in [2.75, 3.05) is 6.61 Å². The first-order valence-electron chi connectivity index (χ1n) is 14.4. The summed E-state index contributed by atoms with van der Waals surface area (Å²) in [6.45, 7) is 0.671. The van der Waals surface area contributed by atoms with E-state index in [1.54, 1.807) is 12.1 Å². The molecule has 0 unspecified atom stereocenters. The number of hydrogen-bond acceptors (Lipinski definition) is 1. The minimum absolute atomic E-state index is 0.171. The fourth-order valence-corrected chi connectivity index (χ4v) is 5.63. The summed E-state index contributed by atoms with van der Waals surface area (Å²) in [5, 5.41) is 1.29. The van der Waals surface area contributed by atoms with Gasteiger partial charge in [0.2, 0.25) is 0 Å². The number of hydrogen-bond donors (Lipinski definition) is 0. The van der Waals surface area contributed by atoms with E-state index in [4.69, 9.17) is 0 Å². The molecule has 214 valence electrons. The maximum atomic E-state index is 15.2. The van der Waals surface area contributed by atoms with E-state index >= 15 is 4.39 Å². The summed E-state index contributed by atoms with van der Waals surface area (Å²) in [6.07, 6.45) is 9.70. The number of aryl methyl sites for hydroxylation is 1. The normalized spacial score (nSPS) is 17.4. The van der Waals surface area contributed by atoms with Gasteiger partial charge in [-0.25, -0.2) is 8.78 Å². The topological polar surface area (TPSA) is 9.23 Å². The molecule has 3 aromatic carbocycles. The summed E-state index contributed by atoms with van der Waals surface area (Å²) in [4.78, 5) is 0. The van der Waals surface area contributed by atoms with Gasteiger partial charge >= 0.3 is 6.18 Å². The minimum atomic E-state index is -4.56. The first-order valence-corrected chi connectivity index (χ1v) is 14.4. The van der Waals surface area contributed by atoms with Gasteiger partial charge in [0.15, 0.2) is 18.2 Å². The Morgan fingerprint density at radius 1 is 0.825 bits per heavy atom. The molecule has 0 N–H and O–H groups in total. The van der Waals surface area contributed by atoms with Gasteiger partial charge < -0.3 is 4.74 Å². The lowest BCUT2D eigenvalue weighted by Crippen LogP contribution is -2.19. The van der Waals surface area contributed by atoms with Crippen molar-refractivity contribution in [3.8, 4) is 17.6 Å². The van der Waals surface area contributed by atoms with Crippen LogP contribution in [0.1, 0.15) is 87.8 Å². The van der Waals surface area contributed by atoms with E-state index in [2.05, 4.69) is 23.5 Å². The Bertz CT molecular complexity index is 1330. The highest BCUT2D eigenvalue weighted by atomic mass is 19.4. The minimum Gasteiger partial charge on any atom is -0.481 e. The molecule has 0 saturated heterocycles. The summed E-state index contributed by atoms with van der Waals surface area (Å²) in [5.41, 5.74) is 1.58. The van der Waals surface area contributed by atoms with Crippen molar-refractivity contribution in [2.45, 2.75) is 83.7 Å². The zero-order valence-electron chi connectivity index (χ0n) is 23.1. The SMILES string of the molecule is CCCCCCC1CCC(CCc2ccc3c(F)c(C#Cc4ccc(OCC(F)(F)F)c(F)c4)ccc3c2)CC1. The lowest BCUT2D eigenvalue weighted by atomic mass is 9.77. The number of fused-ring (bicyclic) bond motifs is 1. The average molecular weight is 557 g/mol. The molecule has 1 saturated carbocycles. The van der Waals surface area contributed by atoms with Gasteiger partial charge in [-0.15, -0.1) is 0 Å². The molecule has 0 spiro atoms. The van der Waals surface area contributed by atoms with Crippen LogP contribution >= 0.6 is 0 Å². The predicted molar refractivity (Wildman–Crippen MR) is 150 cm³/mol. The van der Waals surface area contributed by atoms with Gasteiger partial charge in [0, 0.05) is 10.9 Å². The fourth-order valence-electron chi connectivity index (χ4n) is 5.63. The summed E-state index contributed by atoms with van der Waals surface area (Å²) < 4.78 is 70.7. The molecule has 4 rings (SSSR count). The summed E-state index contributed by atoms with van der Waals surface area (Å²) in [7, 11) is 0. The van der Waals surface area contributed by atoms with E-state index < -0.39 is 30.2 Å². The van der Waals surface area contributed by atoms with Crippen molar-refractivity contribution in [3.05, 3.63) is 76.9 Å². The molecule has 40 heavy (non-hydrogen) atoms. The van der Waals surface area contributed by atoms with Crippen molar-refractivity contribution < 1.29 is 26.7 Å². The Morgan fingerprint density at radius 3 is 2.27 bits per heavy atom. The van der Waals surface area contributed by atoms with Gasteiger partial charge in [-0.3, -0.25) is 0 Å². The van der Waals surface area contributed by atoms with Crippen LogP contribution in [0.25, 0.3) is 10.8 Å². The van der Waals surface area contributed by atoms with Crippen molar-refractivity contribution in [1.29, 1.82) is 0 Å². The highest BCUT2D eigenvalue weighted by Gasteiger charge is 2.29. The van der Waals surface area contributed by atoms with Gasteiger partial charge in [-0.05, 0) is 59.9 Å². The van der Waals surface area contributed by atoms with Crippen LogP contribution < -0.4 is 4.74 Å². The molecule has 0 bridgehead atoms. The highest BCUT2D eigenvalue weighted by Crippen LogP contribution is 2.34. The number of unbranched alkanes of at least 4 members (excludes halogenated alkanes) is 3. The van der Waals surface area contributed by atoms with Gasteiger partial charge in [-0.2, -0.15) is 13.2 Å². The van der Waals surface area contributed by atoms with Crippen molar-refractivity contribution >= 4 is 10.8 Å². The zero-order valence-corrected chi connectivity index (χ0v) is 23.1. The Morgan fingerprint density at radius 2 is 1.57 bits per heavy atom. The van der Waals surface area contributed by atoms with Crippen LogP contribution in [0, 0.1) is 35.3 Å². The molecular weight excluding hydrogens is 519 g/mol. The maximum absolute atomic E-state index is 15.2. The van der Waals surface area contributed by atoms with Crippen LogP contribution in [0.3, 0.4) is 0 Å². The van der Waals surface area contributed by atoms with Crippen molar-refractivity contribution in [2.24, 2.45) is 11.8 Å². The van der Waals surface area contributed by atoms with Crippen LogP contribution in [0.2, 0.25) is 0 Å². The van der Waals surface area contributed by atoms with Gasteiger partial charge in [0.25, 0.3) is 0 Å². The smallest absolute Gasteiger partial charge is 0.422 e. The predicted octanol–water partition coefficient (Wildman–Crippen LogP) is 10.2. The van der Waals surface area contributed by atoms with Crippen LogP contribution in [0.5, 0.6) is 5.75 Å². The summed E-state index contributed by atoms with van der Waals surface area (Å²) >= 11 is 0. The lowest BCUT2D eigenvalue weighted by Gasteiger charge is -2.28. The fraction of sp³-hybridized carbons (Fsp3) is 0.471. The second-order valence-corrected chi connectivity index (χ2v) is 11.1. The van der Waals surface area contributed by atoms with Gasteiger partial charge in [0.1, 0.15) is 5.82 Å². The van der Waals surface area contributed by atoms with Gasteiger partial charge in [0.05, 0.1) is 5.56 Å². The molecule has 3 aromatic rings. The largest absolute Gasteiger partial charge is 0.481 e. The summed E-state index contributed by atoms with van der Waals surface area (Å²) in [5.74, 6) is 5.16. The molecule has 0 aromatic heterocycles. The number of benzene rings is 3. The molecule has 1 nitrogen and oxygen atoms in total. The number of alkyl halides is 3. The molecule has 6 heteroatoms. The maximum Gasteiger partial charge on any atom is 0.422 e. The number of rotatable bonds is 10. The van der Waals surface area contributed by atoms with Gasteiger partial charge in [-0.1, -0.05) is 101 Å². The monoisotopic (exact) mass is 556 g/mol. The Kier molecular flexibility index (Phi) is 10.5. The molecule has 0 aliphatic heterocycles. The third kappa shape index (κ3) is 8.71. The quantitative estimate of drug-likeness (QED) is 0.137. The van der Waals surface area contributed by atoms with E-state index in [-0.39, 0.29) is 11.1 Å². The summed E-state index contributed by atoms with van der Waals surface area (Å²) in [6, 6.07) is 12.7. The zero-order chi connectivity index (χ0) is 28.5. The molecular formula is C34H37F5O. The third-order valence-electron chi connectivity index (χ3n) is 7.96. The Balaban J connectivity index is 1.33. The van der Waals surface area contributed by atoms with E-state index in [1.807, 2.05) is 18.2 Å². The van der Waals surface area contributed by atoms with Crippen LogP contribution in [0.15, 0.2) is 48.5 Å². The second kappa shape index (κ2) is 14.0. The Labute approximate surface area is 234 Å².